The summed E-state index contributed by atoms with van der Waals surface area (Å²) in [4.78, 5) is 0. The predicted octanol–water partition coefficient (Wildman–Crippen LogP) is 4.63. The van der Waals surface area contributed by atoms with E-state index >= 15 is 0 Å². The van der Waals surface area contributed by atoms with Crippen LogP contribution in [0.15, 0.2) is 54.6 Å². The molecule has 0 bridgehead atoms. The maximum Gasteiger partial charge on any atom is 0.0767 e. The maximum atomic E-state index is 6.19. The van der Waals surface area contributed by atoms with Gasteiger partial charge in [-0.3, -0.25) is 4.42 Å². The van der Waals surface area contributed by atoms with Crippen LogP contribution in [0.4, 0.5) is 11.4 Å². The van der Waals surface area contributed by atoms with Crippen molar-refractivity contribution in [2.75, 3.05) is 4.42 Å². The molecule has 0 fully saturated rings. The van der Waals surface area contributed by atoms with E-state index in [9.17, 15) is 0 Å². The van der Waals surface area contributed by atoms with Gasteiger partial charge in [0, 0.05) is 11.8 Å². The molecule has 0 N–H and O–H groups in total. The zero-order valence-electron chi connectivity index (χ0n) is 7.90. The van der Waals surface area contributed by atoms with Crippen LogP contribution in [-0.4, -0.2) is 0 Å². The minimum atomic E-state index is 0.636. The van der Waals surface area contributed by atoms with Gasteiger partial charge in [0.15, 0.2) is 0 Å². The summed E-state index contributed by atoms with van der Waals surface area (Å²) < 4.78 is 1.54. The summed E-state index contributed by atoms with van der Waals surface area (Å²) in [5, 5.41) is 0.636. The van der Waals surface area contributed by atoms with Crippen LogP contribution in [0, 0.1) is 0 Å². The Balaban J connectivity index is 2.37. The first-order valence-electron chi connectivity index (χ1n) is 4.54. The lowest BCUT2D eigenvalue weighted by Gasteiger charge is -2.16. The number of hydrogen-bond acceptors (Lipinski definition) is 1. The van der Waals surface area contributed by atoms with E-state index in [-0.39, 0.29) is 0 Å². The largest absolute Gasteiger partial charge is 0.252 e. The average Bonchev–Trinajstić information content (AvgIpc) is 2.30. The molecule has 0 atom stereocenters. The molecule has 0 aromatic heterocycles. The monoisotopic (exact) mass is 237 g/mol. The Bertz CT molecular complexity index is 442. The maximum absolute atomic E-state index is 6.19. The molecule has 0 saturated heterocycles. The fourth-order valence-corrected chi connectivity index (χ4v) is 1.83. The highest BCUT2D eigenvalue weighted by atomic mass is 35.5. The van der Waals surface area contributed by atoms with Gasteiger partial charge in [-0.1, -0.05) is 41.9 Å². The third-order valence-electron chi connectivity index (χ3n) is 2.05. The first kappa shape index (κ1) is 10.3. The van der Waals surface area contributed by atoms with Crippen LogP contribution in [0.25, 0.3) is 0 Å². The molecule has 0 aliphatic carbocycles. The van der Waals surface area contributed by atoms with E-state index in [1.54, 1.807) is 4.42 Å². The SMILES string of the molecule is Clc1ccccc1N(Cl)c1ccccc1. The molecule has 0 amide bonds. The number of halogens is 2. The van der Waals surface area contributed by atoms with E-state index in [2.05, 4.69) is 0 Å². The van der Waals surface area contributed by atoms with Gasteiger partial charge < -0.3 is 0 Å². The van der Waals surface area contributed by atoms with Crippen LogP contribution in [-0.2, 0) is 0 Å². The Labute approximate surface area is 99.0 Å². The van der Waals surface area contributed by atoms with Gasteiger partial charge in [0.05, 0.1) is 16.4 Å². The predicted molar refractivity (Wildman–Crippen MR) is 65.9 cm³/mol. The van der Waals surface area contributed by atoms with Gasteiger partial charge in [-0.2, -0.15) is 0 Å². The summed E-state index contributed by atoms with van der Waals surface area (Å²) in [6.07, 6.45) is 0. The highest BCUT2D eigenvalue weighted by Gasteiger charge is 2.08. The van der Waals surface area contributed by atoms with Crippen LogP contribution < -0.4 is 4.42 Å². The van der Waals surface area contributed by atoms with Crippen molar-refractivity contribution in [3.63, 3.8) is 0 Å². The van der Waals surface area contributed by atoms with Crippen LogP contribution in [0.2, 0.25) is 5.02 Å². The van der Waals surface area contributed by atoms with Gasteiger partial charge in [-0.05, 0) is 24.3 Å². The summed E-state index contributed by atoms with van der Waals surface area (Å²) in [6, 6.07) is 17.1. The van der Waals surface area contributed by atoms with Crippen molar-refractivity contribution < 1.29 is 0 Å². The van der Waals surface area contributed by atoms with Crippen molar-refractivity contribution >= 4 is 34.8 Å². The number of rotatable bonds is 2. The minimum absolute atomic E-state index is 0.636. The van der Waals surface area contributed by atoms with E-state index < -0.39 is 0 Å². The lowest BCUT2D eigenvalue weighted by molar-refractivity contribution is 1.42. The highest BCUT2D eigenvalue weighted by Crippen LogP contribution is 2.32. The van der Waals surface area contributed by atoms with Crippen LogP contribution in [0.5, 0.6) is 0 Å². The quantitative estimate of drug-likeness (QED) is 0.689. The summed E-state index contributed by atoms with van der Waals surface area (Å²) >= 11 is 12.2. The molecule has 0 radical (unpaired) electrons. The van der Waals surface area contributed by atoms with Crippen LogP contribution in [0.1, 0.15) is 0 Å². The van der Waals surface area contributed by atoms with E-state index in [0.717, 1.165) is 11.4 Å². The molecule has 76 valence electrons. The van der Waals surface area contributed by atoms with Crippen molar-refractivity contribution in [2.45, 2.75) is 0 Å². The van der Waals surface area contributed by atoms with Gasteiger partial charge in [-0.25, -0.2) is 0 Å². The lowest BCUT2D eigenvalue weighted by atomic mass is 10.2. The third-order valence-corrected chi connectivity index (χ3v) is 2.74. The summed E-state index contributed by atoms with van der Waals surface area (Å²) in [5.74, 6) is 0. The Kier molecular flexibility index (Phi) is 3.14. The lowest BCUT2D eigenvalue weighted by Crippen LogP contribution is -2.01. The molecule has 1 nitrogen and oxygen atoms in total. The third kappa shape index (κ3) is 2.25. The molecular weight excluding hydrogens is 229 g/mol. The second-order valence-corrected chi connectivity index (χ2v) is 3.81. The smallest absolute Gasteiger partial charge is 0.0767 e. The molecule has 0 aliphatic heterocycles. The number of para-hydroxylation sites is 2. The van der Waals surface area contributed by atoms with Crippen molar-refractivity contribution in [3.05, 3.63) is 59.6 Å². The molecule has 3 heteroatoms. The highest BCUT2D eigenvalue weighted by molar-refractivity contribution is 6.37. The van der Waals surface area contributed by atoms with E-state index in [4.69, 9.17) is 23.4 Å². The summed E-state index contributed by atoms with van der Waals surface area (Å²) in [7, 11) is 0. The summed E-state index contributed by atoms with van der Waals surface area (Å²) in [6.45, 7) is 0. The molecule has 0 saturated carbocycles. The second kappa shape index (κ2) is 4.56. The number of nitrogens with zero attached hydrogens (tertiary/aromatic N) is 1. The van der Waals surface area contributed by atoms with Gasteiger partial charge in [0.2, 0.25) is 0 Å². The molecular formula is C12H9Cl2N. The molecule has 0 heterocycles. The molecule has 2 rings (SSSR count). The molecule has 0 unspecified atom stereocenters. The number of hydrogen-bond donors (Lipinski definition) is 0. The van der Waals surface area contributed by atoms with Crippen molar-refractivity contribution in [1.82, 2.24) is 0 Å². The Morgan fingerprint density at radius 1 is 0.800 bits per heavy atom. The van der Waals surface area contributed by atoms with Crippen molar-refractivity contribution in [2.24, 2.45) is 0 Å². The van der Waals surface area contributed by atoms with Crippen LogP contribution >= 0.6 is 23.4 Å². The van der Waals surface area contributed by atoms with Gasteiger partial charge in [0.1, 0.15) is 0 Å². The second-order valence-electron chi connectivity index (χ2n) is 3.07. The Hall–Kier alpha value is -1.18. The fraction of sp³-hybridized carbons (Fsp3) is 0. The molecule has 0 aliphatic rings. The Morgan fingerprint density at radius 2 is 1.40 bits per heavy atom. The van der Waals surface area contributed by atoms with Crippen molar-refractivity contribution in [1.29, 1.82) is 0 Å². The topological polar surface area (TPSA) is 3.24 Å². The number of anilines is 2. The fourth-order valence-electron chi connectivity index (χ4n) is 1.31. The van der Waals surface area contributed by atoms with E-state index in [1.807, 2.05) is 54.6 Å². The first-order valence-corrected chi connectivity index (χ1v) is 5.26. The minimum Gasteiger partial charge on any atom is -0.252 e. The van der Waals surface area contributed by atoms with Gasteiger partial charge in [0.25, 0.3) is 0 Å². The zero-order valence-corrected chi connectivity index (χ0v) is 9.41. The van der Waals surface area contributed by atoms with Gasteiger partial charge >= 0.3 is 0 Å². The molecule has 0 spiro atoms. The van der Waals surface area contributed by atoms with Crippen molar-refractivity contribution in [3.8, 4) is 0 Å². The molecule has 2 aromatic carbocycles. The standard InChI is InChI=1S/C12H9Cl2N/c13-11-8-4-5-9-12(11)15(14)10-6-2-1-3-7-10/h1-9H. The first-order chi connectivity index (χ1) is 7.29. The van der Waals surface area contributed by atoms with Gasteiger partial charge in [-0.15, -0.1) is 0 Å². The summed E-state index contributed by atoms with van der Waals surface area (Å²) in [5.41, 5.74) is 1.68. The normalized spacial score (nSPS) is 10.0. The van der Waals surface area contributed by atoms with E-state index in [0.29, 0.717) is 5.02 Å². The molecule has 2 aromatic rings. The van der Waals surface area contributed by atoms with E-state index in [1.165, 1.54) is 0 Å². The van der Waals surface area contributed by atoms with Crippen LogP contribution in [0.3, 0.4) is 0 Å². The average molecular weight is 238 g/mol. The molecule has 15 heavy (non-hydrogen) atoms. The number of benzene rings is 2. The zero-order chi connectivity index (χ0) is 10.7. The Morgan fingerprint density at radius 3 is 2.07 bits per heavy atom.